The number of amides is 1. The molecular weight excluding hydrogens is 276 g/mol. The third kappa shape index (κ3) is 2.62. The quantitative estimate of drug-likeness (QED) is 0.680. The molecule has 1 aromatic heterocycles. The Hall–Kier alpha value is -1.66. The van der Waals surface area contributed by atoms with Crippen LogP contribution >= 0.6 is 12.2 Å². The Balaban J connectivity index is 1.74. The maximum absolute atomic E-state index is 12.3. The summed E-state index contributed by atoms with van der Waals surface area (Å²) in [5.41, 5.74) is 0.447. The number of carbonyl (C=O) groups is 1. The Morgan fingerprint density at radius 1 is 1.55 bits per heavy atom. The number of nitrogens with one attached hydrogen (secondary N) is 1. The fraction of sp³-hybridized carbons (Fsp3) is 0.429. The molecule has 0 aliphatic carbocycles. The summed E-state index contributed by atoms with van der Waals surface area (Å²) in [6, 6.07) is 3.68. The fourth-order valence-corrected chi connectivity index (χ4v) is 2.67. The van der Waals surface area contributed by atoms with Crippen LogP contribution in [0.15, 0.2) is 22.2 Å². The van der Waals surface area contributed by atoms with E-state index < -0.39 is 0 Å². The van der Waals surface area contributed by atoms with Crippen molar-refractivity contribution < 1.29 is 13.9 Å². The standard InChI is InChI=1S/C14H16N2O3S/c1-9-4-5-10(19-9)7-12-13(17)16(14(20)15-12)8-11-3-2-6-18-11/h4-5,7,11H,2-3,6,8H2,1H3,(H,15,20)/b12-7-/t11-/m1/s1. The topological polar surface area (TPSA) is 54.7 Å². The highest BCUT2D eigenvalue weighted by Crippen LogP contribution is 2.19. The molecule has 0 bridgehead atoms. The molecule has 5 nitrogen and oxygen atoms in total. The number of ether oxygens (including phenoxy) is 1. The van der Waals surface area contributed by atoms with Gasteiger partial charge in [-0.25, -0.2) is 0 Å². The minimum atomic E-state index is -0.125. The molecule has 0 unspecified atom stereocenters. The summed E-state index contributed by atoms with van der Waals surface area (Å²) < 4.78 is 11.0. The maximum atomic E-state index is 12.3. The third-order valence-corrected chi connectivity index (χ3v) is 3.74. The van der Waals surface area contributed by atoms with Gasteiger partial charge in [0.25, 0.3) is 5.91 Å². The number of aryl methyl sites for hydroxylation is 1. The van der Waals surface area contributed by atoms with Gasteiger partial charge in [-0.15, -0.1) is 0 Å². The molecule has 0 radical (unpaired) electrons. The summed E-state index contributed by atoms with van der Waals surface area (Å²) in [6.45, 7) is 3.14. The summed E-state index contributed by atoms with van der Waals surface area (Å²) >= 11 is 5.22. The molecule has 0 spiro atoms. The Morgan fingerprint density at radius 2 is 2.40 bits per heavy atom. The monoisotopic (exact) mass is 292 g/mol. The van der Waals surface area contributed by atoms with Gasteiger partial charge in [-0.2, -0.15) is 0 Å². The van der Waals surface area contributed by atoms with Gasteiger partial charge in [-0.05, 0) is 44.1 Å². The van der Waals surface area contributed by atoms with Crippen molar-refractivity contribution in [3.05, 3.63) is 29.4 Å². The number of hydrogen-bond donors (Lipinski definition) is 1. The molecule has 6 heteroatoms. The zero-order valence-electron chi connectivity index (χ0n) is 11.2. The second-order valence-corrected chi connectivity index (χ2v) is 5.37. The van der Waals surface area contributed by atoms with Gasteiger partial charge >= 0.3 is 0 Å². The molecule has 106 valence electrons. The van der Waals surface area contributed by atoms with Gasteiger partial charge in [0.05, 0.1) is 12.6 Å². The van der Waals surface area contributed by atoms with Crippen molar-refractivity contribution in [3.63, 3.8) is 0 Å². The van der Waals surface area contributed by atoms with Gasteiger partial charge in [-0.3, -0.25) is 9.69 Å². The first-order valence-electron chi connectivity index (χ1n) is 6.66. The van der Waals surface area contributed by atoms with Crippen LogP contribution in [0.3, 0.4) is 0 Å². The Morgan fingerprint density at radius 3 is 3.05 bits per heavy atom. The van der Waals surface area contributed by atoms with Gasteiger partial charge in [-0.1, -0.05) is 0 Å². The van der Waals surface area contributed by atoms with Crippen molar-refractivity contribution in [1.29, 1.82) is 0 Å². The number of nitrogens with zero attached hydrogens (tertiary/aromatic N) is 1. The summed E-state index contributed by atoms with van der Waals surface area (Å²) in [5, 5.41) is 3.37. The maximum Gasteiger partial charge on any atom is 0.276 e. The molecule has 2 fully saturated rings. The van der Waals surface area contributed by atoms with E-state index in [0.717, 1.165) is 25.2 Å². The predicted octanol–water partition coefficient (Wildman–Crippen LogP) is 1.82. The van der Waals surface area contributed by atoms with E-state index in [1.165, 1.54) is 0 Å². The highest BCUT2D eigenvalue weighted by atomic mass is 32.1. The minimum Gasteiger partial charge on any atom is -0.462 e. The Labute approximate surface area is 122 Å². The van der Waals surface area contributed by atoms with Crippen molar-refractivity contribution in [2.75, 3.05) is 13.2 Å². The average molecular weight is 292 g/mol. The molecule has 2 saturated heterocycles. The number of rotatable bonds is 3. The van der Waals surface area contributed by atoms with E-state index in [0.29, 0.717) is 23.1 Å². The number of furan rings is 1. The zero-order valence-corrected chi connectivity index (χ0v) is 12.0. The van der Waals surface area contributed by atoms with Crippen LogP contribution in [0.4, 0.5) is 0 Å². The SMILES string of the molecule is Cc1ccc(/C=C2\NC(=S)N(C[C@H]3CCCO3)C2=O)o1. The smallest absolute Gasteiger partial charge is 0.276 e. The second-order valence-electron chi connectivity index (χ2n) is 4.99. The first-order chi connectivity index (χ1) is 9.63. The summed E-state index contributed by atoms with van der Waals surface area (Å²) in [7, 11) is 0. The average Bonchev–Trinajstić information content (AvgIpc) is 3.10. The number of hydrogen-bond acceptors (Lipinski definition) is 4. The van der Waals surface area contributed by atoms with E-state index in [2.05, 4.69) is 5.32 Å². The van der Waals surface area contributed by atoms with Gasteiger partial charge < -0.3 is 14.5 Å². The van der Waals surface area contributed by atoms with E-state index in [-0.39, 0.29) is 12.0 Å². The lowest BCUT2D eigenvalue weighted by molar-refractivity contribution is -0.123. The van der Waals surface area contributed by atoms with Crippen LogP contribution in [0.5, 0.6) is 0 Å². The largest absolute Gasteiger partial charge is 0.462 e. The van der Waals surface area contributed by atoms with Crippen LogP contribution < -0.4 is 5.32 Å². The molecule has 3 rings (SSSR count). The van der Waals surface area contributed by atoms with Crippen LogP contribution in [0.25, 0.3) is 6.08 Å². The Bertz CT molecular complexity index is 573. The Kier molecular flexibility index (Phi) is 3.58. The molecule has 1 N–H and O–H groups in total. The lowest BCUT2D eigenvalue weighted by Crippen LogP contribution is -2.37. The van der Waals surface area contributed by atoms with Crippen molar-refractivity contribution in [2.45, 2.75) is 25.9 Å². The molecule has 0 saturated carbocycles. The van der Waals surface area contributed by atoms with Gasteiger partial charge in [0.2, 0.25) is 0 Å². The van der Waals surface area contributed by atoms with Crippen molar-refractivity contribution in [3.8, 4) is 0 Å². The third-order valence-electron chi connectivity index (χ3n) is 3.42. The van der Waals surface area contributed by atoms with Crippen LogP contribution in [0.1, 0.15) is 24.4 Å². The highest BCUT2D eigenvalue weighted by Gasteiger charge is 2.33. The molecule has 0 aromatic carbocycles. The molecule has 1 atom stereocenters. The summed E-state index contributed by atoms with van der Waals surface area (Å²) in [6.07, 6.45) is 3.78. The van der Waals surface area contributed by atoms with E-state index in [1.807, 2.05) is 19.1 Å². The van der Waals surface area contributed by atoms with Crippen LogP contribution in [0.2, 0.25) is 0 Å². The number of carbonyl (C=O) groups excluding carboxylic acids is 1. The van der Waals surface area contributed by atoms with Crippen molar-refractivity contribution in [1.82, 2.24) is 10.2 Å². The molecule has 1 amide bonds. The lowest BCUT2D eigenvalue weighted by Gasteiger charge is -2.18. The first kappa shape index (κ1) is 13.3. The predicted molar refractivity (Wildman–Crippen MR) is 77.8 cm³/mol. The van der Waals surface area contributed by atoms with Gasteiger partial charge in [0.1, 0.15) is 17.2 Å². The summed E-state index contributed by atoms with van der Waals surface area (Å²) in [4.78, 5) is 13.9. The lowest BCUT2D eigenvalue weighted by atomic mass is 10.2. The van der Waals surface area contributed by atoms with Crippen LogP contribution in [-0.4, -0.2) is 35.2 Å². The van der Waals surface area contributed by atoms with Gasteiger partial charge in [0.15, 0.2) is 5.11 Å². The molecular formula is C14H16N2O3S. The van der Waals surface area contributed by atoms with Crippen molar-refractivity contribution >= 4 is 29.3 Å². The van der Waals surface area contributed by atoms with E-state index in [1.54, 1.807) is 11.0 Å². The molecule has 2 aliphatic rings. The fourth-order valence-electron chi connectivity index (χ4n) is 2.40. The van der Waals surface area contributed by atoms with Crippen LogP contribution in [-0.2, 0) is 9.53 Å². The van der Waals surface area contributed by atoms with Gasteiger partial charge in [0, 0.05) is 12.7 Å². The zero-order chi connectivity index (χ0) is 14.1. The first-order valence-corrected chi connectivity index (χ1v) is 7.07. The van der Waals surface area contributed by atoms with E-state index in [9.17, 15) is 4.79 Å². The minimum absolute atomic E-state index is 0.0870. The normalized spacial score (nSPS) is 24.8. The van der Waals surface area contributed by atoms with E-state index >= 15 is 0 Å². The van der Waals surface area contributed by atoms with Crippen molar-refractivity contribution in [2.24, 2.45) is 0 Å². The number of thiocarbonyl (C=S) groups is 1. The molecule has 20 heavy (non-hydrogen) atoms. The highest BCUT2D eigenvalue weighted by molar-refractivity contribution is 7.80. The van der Waals surface area contributed by atoms with E-state index in [4.69, 9.17) is 21.4 Å². The molecule has 2 aliphatic heterocycles. The molecule has 3 heterocycles. The second kappa shape index (κ2) is 5.38. The summed E-state index contributed by atoms with van der Waals surface area (Å²) in [5.74, 6) is 1.32. The molecule has 1 aromatic rings. The van der Waals surface area contributed by atoms with Crippen LogP contribution in [0, 0.1) is 6.92 Å².